The first-order valence-electron chi connectivity index (χ1n) is 24.7. The molecular weight excluding hydrogens is 842 g/mol. The Kier molecular flexibility index (Phi) is 10.5. The van der Waals surface area contributed by atoms with Crippen LogP contribution >= 0.6 is 11.3 Å². The highest BCUT2D eigenvalue weighted by Crippen LogP contribution is 2.52. The second-order valence-corrected chi connectivity index (χ2v) is 21.5. The summed E-state index contributed by atoms with van der Waals surface area (Å²) in [5.41, 5.74) is 19.9. The van der Waals surface area contributed by atoms with Crippen LogP contribution in [0.15, 0.2) is 176 Å². The maximum Gasteiger partial charge on any atom is 0.211 e. The summed E-state index contributed by atoms with van der Waals surface area (Å²) in [7, 11) is 2.53. The van der Waals surface area contributed by atoms with Crippen molar-refractivity contribution in [2.24, 2.45) is 0 Å². The van der Waals surface area contributed by atoms with Gasteiger partial charge in [-0.3, -0.25) is 0 Å². The first-order chi connectivity index (χ1) is 33.2. The van der Waals surface area contributed by atoms with Gasteiger partial charge in [0.2, 0.25) is 7.28 Å². The van der Waals surface area contributed by atoms with E-state index in [1.165, 1.54) is 106 Å². The highest BCUT2D eigenvalue weighted by Gasteiger charge is 2.39. The third kappa shape index (κ3) is 7.17. The number of hydrogen-bond donors (Lipinski definition) is 1. The quantitative estimate of drug-likeness (QED) is 0.103. The van der Waals surface area contributed by atoms with Gasteiger partial charge in [0.05, 0.1) is 22.4 Å². The van der Waals surface area contributed by atoms with Gasteiger partial charge >= 0.3 is 0 Å². The summed E-state index contributed by atoms with van der Waals surface area (Å²) >= 11 is 1.91. The molecule has 0 spiro atoms. The van der Waals surface area contributed by atoms with Crippen LogP contribution in [0.1, 0.15) is 83.4 Å². The lowest BCUT2D eigenvalue weighted by Crippen LogP contribution is -2.36. The van der Waals surface area contributed by atoms with Crippen molar-refractivity contribution in [2.75, 3.05) is 10.2 Å². The monoisotopic (exact) mass is 898 g/mol. The van der Waals surface area contributed by atoms with Crippen LogP contribution in [0.5, 0.6) is 0 Å². The van der Waals surface area contributed by atoms with Crippen molar-refractivity contribution in [2.45, 2.75) is 84.0 Å². The number of thiophene rings is 1. The maximum absolute atomic E-state index is 4.08. The van der Waals surface area contributed by atoms with Crippen molar-refractivity contribution in [1.82, 2.24) is 4.57 Å². The molecule has 3 heterocycles. The number of benzene rings is 8. The number of aromatic nitrogens is 1. The fourth-order valence-corrected chi connectivity index (χ4v) is 12.4. The molecular formula is C63H57BN3S. The molecule has 2 aromatic heterocycles. The first kappa shape index (κ1) is 42.5. The molecule has 12 rings (SSSR count). The summed E-state index contributed by atoms with van der Waals surface area (Å²) in [5.74, 6) is 0. The molecule has 0 saturated carbocycles. The van der Waals surface area contributed by atoms with Gasteiger partial charge in [-0.2, -0.15) is 0 Å². The summed E-state index contributed by atoms with van der Waals surface area (Å²) < 4.78 is 5.20. The minimum Gasteiger partial charge on any atom is -0.355 e. The molecule has 1 N–H and O–H groups in total. The van der Waals surface area contributed by atoms with E-state index in [0.29, 0.717) is 0 Å². The minimum atomic E-state index is 0.0102. The Balaban J connectivity index is 1.19. The van der Waals surface area contributed by atoms with Crippen LogP contribution in [0.2, 0.25) is 0 Å². The van der Waals surface area contributed by atoms with E-state index in [9.17, 15) is 0 Å². The number of rotatable bonds is 11. The number of nitrogens with zero attached hydrogens (tertiary/aromatic N) is 2. The van der Waals surface area contributed by atoms with Crippen LogP contribution in [0.25, 0.3) is 59.8 Å². The predicted molar refractivity (Wildman–Crippen MR) is 295 cm³/mol. The molecule has 0 unspecified atom stereocenters. The Hall–Kier alpha value is -6.82. The topological polar surface area (TPSA) is 20.2 Å². The largest absolute Gasteiger partial charge is 0.355 e. The van der Waals surface area contributed by atoms with E-state index in [4.69, 9.17) is 0 Å². The lowest BCUT2D eigenvalue weighted by Gasteiger charge is -2.42. The van der Waals surface area contributed by atoms with E-state index < -0.39 is 0 Å². The fraction of sp³-hybridized carbons (Fsp3) is 0.206. The second kappa shape index (κ2) is 16.8. The Bertz CT molecular complexity index is 3470. The number of unbranched alkanes of at least 4 members (excludes halogenated alkanes) is 2. The zero-order valence-electron chi connectivity index (χ0n) is 39.9. The van der Waals surface area contributed by atoms with E-state index in [2.05, 4.69) is 233 Å². The van der Waals surface area contributed by atoms with Gasteiger partial charge in [-0.05, 0) is 153 Å². The van der Waals surface area contributed by atoms with Crippen molar-refractivity contribution >= 4 is 89.2 Å². The Morgan fingerprint density at radius 3 is 1.96 bits per heavy atom. The molecule has 1 radical (unpaired) electrons. The van der Waals surface area contributed by atoms with E-state index in [0.717, 1.165) is 47.7 Å². The molecule has 0 atom stereocenters. The number of para-hydroxylation sites is 3. The van der Waals surface area contributed by atoms with E-state index >= 15 is 0 Å². The summed E-state index contributed by atoms with van der Waals surface area (Å²) in [5, 5.41) is 7.86. The van der Waals surface area contributed by atoms with Gasteiger partial charge in [0.15, 0.2) is 0 Å². The van der Waals surface area contributed by atoms with Crippen LogP contribution in [0.3, 0.4) is 0 Å². The molecule has 0 bridgehead atoms. The van der Waals surface area contributed by atoms with Crippen molar-refractivity contribution < 1.29 is 0 Å². The van der Waals surface area contributed by atoms with Crippen molar-refractivity contribution in [3.8, 4) is 27.9 Å². The summed E-state index contributed by atoms with van der Waals surface area (Å²) in [6.07, 6.45) is 7.13. The van der Waals surface area contributed by atoms with Gasteiger partial charge < -0.3 is 14.8 Å². The van der Waals surface area contributed by atoms with Crippen molar-refractivity contribution in [3.05, 3.63) is 193 Å². The van der Waals surface area contributed by atoms with Crippen LogP contribution < -0.4 is 20.5 Å². The molecule has 2 aliphatic rings. The average molecular weight is 899 g/mol. The van der Waals surface area contributed by atoms with Crippen LogP contribution in [0, 0.1) is 0 Å². The summed E-state index contributed by atoms with van der Waals surface area (Å²) in [6.45, 7) is 12.1. The number of anilines is 5. The predicted octanol–water partition coefficient (Wildman–Crippen LogP) is 16.6. The van der Waals surface area contributed by atoms with Crippen LogP contribution in [-0.2, 0) is 17.3 Å². The molecule has 1 aliphatic carbocycles. The lowest BCUT2D eigenvalue weighted by molar-refractivity contribution is 0.332. The molecule has 0 saturated heterocycles. The van der Waals surface area contributed by atoms with E-state index in [1.54, 1.807) is 0 Å². The fourth-order valence-electron chi connectivity index (χ4n) is 11.3. The minimum absolute atomic E-state index is 0.0102. The molecule has 5 heteroatoms. The number of aryl methyl sites for hydroxylation is 1. The number of nitrogens with one attached hydrogen (secondary N) is 1. The first-order valence-corrected chi connectivity index (χ1v) is 25.5. The highest BCUT2D eigenvalue weighted by molar-refractivity contribution is 7.29. The van der Waals surface area contributed by atoms with Crippen molar-refractivity contribution in [1.29, 1.82) is 0 Å². The van der Waals surface area contributed by atoms with E-state index in [1.807, 2.05) is 11.3 Å². The summed E-state index contributed by atoms with van der Waals surface area (Å²) in [4.78, 5) is 2.49. The highest BCUT2D eigenvalue weighted by atomic mass is 32.1. The smallest absolute Gasteiger partial charge is 0.211 e. The zero-order valence-corrected chi connectivity index (χ0v) is 40.7. The second-order valence-electron chi connectivity index (χ2n) is 20.5. The number of fused-ring (bicyclic) bond motifs is 8. The third-order valence-corrected chi connectivity index (χ3v) is 16.2. The van der Waals surface area contributed by atoms with Gasteiger partial charge in [-0.15, -0.1) is 11.3 Å². The van der Waals surface area contributed by atoms with Gasteiger partial charge in [0.1, 0.15) is 0 Å². The molecule has 0 amide bonds. The molecule has 1 aliphatic heterocycles. The molecule has 333 valence electrons. The Morgan fingerprint density at radius 1 is 0.618 bits per heavy atom. The third-order valence-electron chi connectivity index (χ3n) is 15.1. The molecule has 0 fully saturated rings. The van der Waals surface area contributed by atoms with Gasteiger partial charge in [0.25, 0.3) is 0 Å². The van der Waals surface area contributed by atoms with Crippen LogP contribution in [-0.4, -0.2) is 11.8 Å². The number of hydrogen-bond acceptors (Lipinski definition) is 3. The summed E-state index contributed by atoms with van der Waals surface area (Å²) in [6, 6.07) is 65.8. The van der Waals surface area contributed by atoms with Crippen LogP contribution in [0.4, 0.5) is 28.4 Å². The standard InChI is InChI=1S/C63H57BN3S/c1-6-7-11-20-41-29-32-44(33-30-41)65-53-40-52-51(62(2,3)35-36-63(52,4)5)38-48(53)49-39-55(66(45-23-14-9-15-24-45)46-25-16-10-17-26-46)57-47-27-18-19-28-54(47)67-59-50-37-43(42-21-12-8-13-22-42)31-34-56(50)68-61(59)64-58(49)60(57)67/h8-10,12-19,21-34,37-40,65H,6-7,11,20,35-36H2,1-5H3. The Morgan fingerprint density at radius 2 is 1.26 bits per heavy atom. The van der Waals surface area contributed by atoms with Gasteiger partial charge in [0, 0.05) is 49.2 Å². The lowest BCUT2D eigenvalue weighted by atomic mass is 9.61. The molecule has 3 nitrogen and oxygen atoms in total. The molecule has 8 aromatic carbocycles. The normalized spacial score (nSPS) is 14.4. The maximum atomic E-state index is 4.08. The van der Waals surface area contributed by atoms with Gasteiger partial charge in [-0.1, -0.05) is 151 Å². The van der Waals surface area contributed by atoms with Gasteiger partial charge in [-0.25, -0.2) is 0 Å². The SMILES string of the molecule is CCCCCc1ccc(Nc2cc3c(cc2-c2cc(N(c4ccccc4)c4ccccc4)c4c5ccccc5n5c4c2[B]c2sc4ccc(-c6ccccc6)cc4c2-5)C(C)(C)CCC3(C)C)cc1. The zero-order chi connectivity index (χ0) is 46.1. The van der Waals surface area contributed by atoms with Crippen molar-refractivity contribution in [3.63, 3.8) is 0 Å². The molecule has 10 aromatic rings. The van der Waals surface area contributed by atoms with E-state index in [-0.39, 0.29) is 10.8 Å². The molecule has 68 heavy (non-hydrogen) atoms. The average Bonchev–Trinajstić information content (AvgIpc) is 3.91. The Labute approximate surface area is 406 Å².